The van der Waals surface area contributed by atoms with Gasteiger partial charge in [-0.15, -0.1) is 0 Å². The molecule has 0 radical (unpaired) electrons. The van der Waals surface area contributed by atoms with E-state index < -0.39 is 6.04 Å². The van der Waals surface area contributed by atoms with Gasteiger partial charge >= 0.3 is 0 Å². The second-order valence-electron chi connectivity index (χ2n) is 5.68. The molecule has 1 fully saturated rings. The van der Waals surface area contributed by atoms with Crippen molar-refractivity contribution in [1.82, 2.24) is 5.32 Å². The largest absolute Gasteiger partial charge is 0.383 e. The van der Waals surface area contributed by atoms with E-state index in [4.69, 9.17) is 26.8 Å². The second kappa shape index (κ2) is 7.92. The number of nitrogens with two attached hydrogens (primary N) is 1. The lowest BCUT2D eigenvalue weighted by Gasteiger charge is -2.38. The number of hydrogen-bond donors (Lipinski definition) is 2. The molecular weight excluding hydrogens is 304 g/mol. The van der Waals surface area contributed by atoms with Gasteiger partial charge in [0.2, 0.25) is 5.91 Å². The molecular formula is C16H23ClN2O3. The molecule has 1 aromatic carbocycles. The molecule has 3 N–H and O–H groups in total. The van der Waals surface area contributed by atoms with E-state index in [0.717, 1.165) is 18.4 Å². The Morgan fingerprint density at radius 2 is 2.23 bits per heavy atom. The molecule has 1 unspecified atom stereocenters. The first-order valence-corrected chi connectivity index (χ1v) is 7.81. The number of carbonyl (C=O) groups is 1. The van der Waals surface area contributed by atoms with Gasteiger partial charge in [-0.25, -0.2) is 0 Å². The quantitative estimate of drug-likeness (QED) is 0.830. The van der Waals surface area contributed by atoms with Crippen molar-refractivity contribution in [1.29, 1.82) is 0 Å². The first-order chi connectivity index (χ1) is 10.6. The van der Waals surface area contributed by atoms with Gasteiger partial charge in [-0.05, 0) is 30.5 Å². The molecule has 6 heteroatoms. The first kappa shape index (κ1) is 17.2. The highest BCUT2D eigenvalue weighted by atomic mass is 35.5. The van der Waals surface area contributed by atoms with E-state index in [2.05, 4.69) is 11.4 Å². The third kappa shape index (κ3) is 4.20. The van der Waals surface area contributed by atoms with Crippen LogP contribution >= 0.6 is 11.6 Å². The third-order valence-corrected chi connectivity index (χ3v) is 4.41. The van der Waals surface area contributed by atoms with Crippen LogP contribution in [0.25, 0.3) is 0 Å². The van der Waals surface area contributed by atoms with Crippen molar-refractivity contribution >= 4 is 17.5 Å². The summed E-state index contributed by atoms with van der Waals surface area (Å²) < 4.78 is 10.4. The highest BCUT2D eigenvalue weighted by Crippen LogP contribution is 2.35. The van der Waals surface area contributed by atoms with Gasteiger partial charge in [-0.3, -0.25) is 4.79 Å². The third-order valence-electron chi connectivity index (χ3n) is 4.17. The number of methoxy groups -OCH3 is 1. The van der Waals surface area contributed by atoms with E-state index in [0.29, 0.717) is 24.8 Å². The van der Waals surface area contributed by atoms with Gasteiger partial charge in [0, 0.05) is 37.3 Å². The molecule has 0 saturated carbocycles. The van der Waals surface area contributed by atoms with Crippen LogP contribution in [0.4, 0.5) is 0 Å². The number of benzene rings is 1. The van der Waals surface area contributed by atoms with Gasteiger partial charge in [0.15, 0.2) is 0 Å². The number of nitrogens with one attached hydrogen (secondary N) is 1. The van der Waals surface area contributed by atoms with Crippen LogP contribution in [0.15, 0.2) is 24.3 Å². The number of halogens is 1. The number of rotatable bonds is 6. The Bertz CT molecular complexity index is 504. The normalized spacial score (nSPS) is 18.7. The van der Waals surface area contributed by atoms with Crippen LogP contribution in [-0.2, 0) is 19.7 Å². The summed E-state index contributed by atoms with van der Waals surface area (Å²) in [5.74, 6) is -0.199. The monoisotopic (exact) mass is 326 g/mol. The number of carbonyl (C=O) groups excluding carboxylic acids is 1. The number of ether oxygens (including phenoxy) is 2. The van der Waals surface area contributed by atoms with Crippen LogP contribution < -0.4 is 11.1 Å². The summed E-state index contributed by atoms with van der Waals surface area (Å²) in [6.45, 7) is 2.07. The summed E-state index contributed by atoms with van der Waals surface area (Å²) in [5.41, 5.74) is 6.73. The summed E-state index contributed by atoms with van der Waals surface area (Å²) in [6, 6.07) is 7.16. The Labute approximate surface area is 136 Å². The smallest absolute Gasteiger partial charge is 0.239 e. The molecule has 1 aliphatic rings. The lowest BCUT2D eigenvalue weighted by atomic mass is 9.74. The van der Waals surface area contributed by atoms with E-state index in [-0.39, 0.29) is 17.9 Å². The van der Waals surface area contributed by atoms with Crippen molar-refractivity contribution in [3.05, 3.63) is 34.9 Å². The zero-order chi connectivity index (χ0) is 16.0. The summed E-state index contributed by atoms with van der Waals surface area (Å²) in [7, 11) is 1.53. The predicted octanol–water partition coefficient (Wildman–Crippen LogP) is 1.48. The molecule has 22 heavy (non-hydrogen) atoms. The topological polar surface area (TPSA) is 73.6 Å². The van der Waals surface area contributed by atoms with Crippen molar-refractivity contribution in [3.8, 4) is 0 Å². The van der Waals surface area contributed by atoms with Crippen LogP contribution in [0.2, 0.25) is 5.02 Å². The molecule has 5 nitrogen and oxygen atoms in total. The molecule has 0 aromatic heterocycles. The fourth-order valence-electron chi connectivity index (χ4n) is 2.79. The van der Waals surface area contributed by atoms with Crippen LogP contribution in [0.5, 0.6) is 0 Å². The fourth-order valence-corrected chi connectivity index (χ4v) is 2.98. The number of hydrogen-bond acceptors (Lipinski definition) is 4. The van der Waals surface area contributed by atoms with Crippen LogP contribution in [0.3, 0.4) is 0 Å². The van der Waals surface area contributed by atoms with Crippen molar-refractivity contribution in [3.63, 3.8) is 0 Å². The Hall–Kier alpha value is -1.14. The Morgan fingerprint density at radius 3 is 2.86 bits per heavy atom. The van der Waals surface area contributed by atoms with Gasteiger partial charge in [-0.1, -0.05) is 23.7 Å². The minimum Gasteiger partial charge on any atom is -0.383 e. The predicted molar refractivity (Wildman–Crippen MR) is 86.0 cm³/mol. The lowest BCUT2D eigenvalue weighted by Crippen LogP contribution is -2.50. The van der Waals surface area contributed by atoms with Crippen molar-refractivity contribution < 1.29 is 14.3 Å². The maximum atomic E-state index is 12.0. The van der Waals surface area contributed by atoms with E-state index >= 15 is 0 Å². The lowest BCUT2D eigenvalue weighted by molar-refractivity contribution is -0.124. The first-order valence-electron chi connectivity index (χ1n) is 7.43. The van der Waals surface area contributed by atoms with Crippen molar-refractivity contribution in [2.45, 2.75) is 24.3 Å². The van der Waals surface area contributed by atoms with E-state index in [1.54, 1.807) is 0 Å². The highest BCUT2D eigenvalue weighted by Gasteiger charge is 2.35. The molecule has 1 heterocycles. The average Bonchev–Trinajstić information content (AvgIpc) is 2.53. The molecule has 2 rings (SSSR count). The average molecular weight is 327 g/mol. The highest BCUT2D eigenvalue weighted by molar-refractivity contribution is 6.30. The van der Waals surface area contributed by atoms with Gasteiger partial charge in [0.1, 0.15) is 6.04 Å². The minimum atomic E-state index is -0.652. The molecule has 1 atom stereocenters. The fraction of sp³-hybridized carbons (Fsp3) is 0.562. The van der Waals surface area contributed by atoms with Crippen LogP contribution in [0.1, 0.15) is 18.4 Å². The maximum Gasteiger partial charge on any atom is 0.239 e. The van der Waals surface area contributed by atoms with Crippen LogP contribution in [0, 0.1) is 0 Å². The van der Waals surface area contributed by atoms with Gasteiger partial charge in [0.25, 0.3) is 0 Å². The van der Waals surface area contributed by atoms with Crippen LogP contribution in [-0.4, -0.2) is 45.4 Å². The van der Waals surface area contributed by atoms with Gasteiger partial charge in [0.05, 0.1) is 6.61 Å². The Kier molecular flexibility index (Phi) is 6.20. The summed E-state index contributed by atoms with van der Waals surface area (Å²) in [5, 5.41) is 3.65. The van der Waals surface area contributed by atoms with Crippen molar-refractivity contribution in [2.75, 3.05) is 33.5 Å². The standard InChI is InChI=1S/C16H23ClN2O3/c1-21-10-14(18)15(20)19-11-16(5-7-22-8-6-16)12-3-2-4-13(17)9-12/h2-4,9,14H,5-8,10-11,18H2,1H3,(H,19,20). The van der Waals surface area contributed by atoms with E-state index in [1.165, 1.54) is 7.11 Å². The molecule has 1 saturated heterocycles. The number of amides is 1. The Balaban J connectivity index is 2.11. The summed E-state index contributed by atoms with van der Waals surface area (Å²) >= 11 is 6.13. The zero-order valence-corrected chi connectivity index (χ0v) is 13.6. The molecule has 0 spiro atoms. The van der Waals surface area contributed by atoms with E-state index in [9.17, 15) is 4.79 Å². The molecule has 0 bridgehead atoms. The SMILES string of the molecule is COCC(N)C(=O)NCC1(c2cccc(Cl)c2)CCOCC1. The molecule has 122 valence electrons. The van der Waals surface area contributed by atoms with E-state index in [1.807, 2.05) is 18.2 Å². The molecule has 1 aliphatic heterocycles. The minimum absolute atomic E-state index is 0.161. The summed E-state index contributed by atoms with van der Waals surface area (Å²) in [6.07, 6.45) is 1.68. The second-order valence-corrected chi connectivity index (χ2v) is 6.12. The van der Waals surface area contributed by atoms with Gasteiger partial charge in [-0.2, -0.15) is 0 Å². The molecule has 1 amide bonds. The molecule has 0 aliphatic carbocycles. The van der Waals surface area contributed by atoms with Crippen molar-refractivity contribution in [2.24, 2.45) is 5.73 Å². The molecule has 1 aromatic rings. The van der Waals surface area contributed by atoms with Gasteiger partial charge < -0.3 is 20.5 Å². The Morgan fingerprint density at radius 1 is 1.50 bits per heavy atom. The maximum absolute atomic E-state index is 12.0. The summed E-state index contributed by atoms with van der Waals surface area (Å²) in [4.78, 5) is 12.0. The zero-order valence-electron chi connectivity index (χ0n) is 12.8.